The topological polar surface area (TPSA) is 96.5 Å². The van der Waals surface area contributed by atoms with Gasteiger partial charge < -0.3 is 19.7 Å². The van der Waals surface area contributed by atoms with Crippen LogP contribution in [0.2, 0.25) is 0 Å². The lowest BCUT2D eigenvalue weighted by Crippen LogP contribution is -2.06. The number of hydrogen-bond donors (Lipinski definition) is 2. The van der Waals surface area contributed by atoms with Gasteiger partial charge in [0.1, 0.15) is 38.5 Å². The Hall–Kier alpha value is -1.99. The summed E-state index contributed by atoms with van der Waals surface area (Å²) in [5.41, 5.74) is 1.55. The SMILES string of the molecule is OCC1=NC(c2cccc([C@H]3COC(CO)=N3)n2)CO1. The van der Waals surface area contributed by atoms with Gasteiger partial charge in [0.15, 0.2) is 0 Å². The monoisotopic (exact) mass is 277 g/mol. The maximum Gasteiger partial charge on any atom is 0.210 e. The van der Waals surface area contributed by atoms with Gasteiger partial charge >= 0.3 is 0 Å². The van der Waals surface area contributed by atoms with Crippen LogP contribution in [0.4, 0.5) is 0 Å². The van der Waals surface area contributed by atoms with Crippen LogP contribution < -0.4 is 0 Å². The van der Waals surface area contributed by atoms with Gasteiger partial charge in [-0.1, -0.05) is 6.07 Å². The normalized spacial score (nSPS) is 24.9. The van der Waals surface area contributed by atoms with Crippen LogP contribution in [0.3, 0.4) is 0 Å². The lowest BCUT2D eigenvalue weighted by atomic mass is 10.1. The average Bonchev–Trinajstić information content (AvgIpc) is 3.16. The predicted octanol–water partition coefficient (Wildman–Crippen LogP) is 0.00580. The first kappa shape index (κ1) is 13.0. The number of ether oxygens (including phenoxy) is 2. The van der Waals surface area contributed by atoms with Crippen molar-refractivity contribution in [3.63, 3.8) is 0 Å². The van der Waals surface area contributed by atoms with E-state index in [0.29, 0.717) is 25.0 Å². The standard InChI is InChI=1S/C13H15N3O4/c17-4-12-15-10(6-19-12)8-2-1-3-9(14-8)11-7-20-13(5-18)16-11/h1-3,10-11,17-18H,4-7H2/t10-,11?/m1/s1. The Labute approximate surface area is 115 Å². The van der Waals surface area contributed by atoms with Gasteiger partial charge in [-0.2, -0.15) is 0 Å². The van der Waals surface area contributed by atoms with E-state index in [9.17, 15) is 0 Å². The number of hydrogen-bond acceptors (Lipinski definition) is 7. The third kappa shape index (κ3) is 2.50. The summed E-state index contributed by atoms with van der Waals surface area (Å²) in [7, 11) is 0. The Bertz CT molecular complexity index is 513. The van der Waals surface area contributed by atoms with Crippen LogP contribution in [-0.4, -0.2) is 53.4 Å². The van der Waals surface area contributed by atoms with Crippen LogP contribution in [0, 0.1) is 0 Å². The van der Waals surface area contributed by atoms with E-state index in [1.54, 1.807) is 0 Å². The molecule has 0 radical (unpaired) electrons. The minimum Gasteiger partial charge on any atom is -0.477 e. The highest BCUT2D eigenvalue weighted by Crippen LogP contribution is 2.25. The molecule has 106 valence electrons. The van der Waals surface area contributed by atoms with Crippen LogP contribution in [0.25, 0.3) is 0 Å². The first-order valence-corrected chi connectivity index (χ1v) is 6.37. The highest BCUT2D eigenvalue weighted by Gasteiger charge is 2.25. The van der Waals surface area contributed by atoms with Crippen molar-refractivity contribution >= 4 is 11.8 Å². The van der Waals surface area contributed by atoms with Crippen molar-refractivity contribution in [2.24, 2.45) is 9.98 Å². The zero-order valence-corrected chi connectivity index (χ0v) is 10.8. The van der Waals surface area contributed by atoms with Gasteiger partial charge in [0.25, 0.3) is 0 Å². The molecule has 1 aromatic rings. The van der Waals surface area contributed by atoms with E-state index in [1.807, 2.05) is 18.2 Å². The van der Waals surface area contributed by atoms with Crippen LogP contribution in [0.5, 0.6) is 0 Å². The fourth-order valence-electron chi connectivity index (χ4n) is 2.16. The molecule has 0 aromatic carbocycles. The van der Waals surface area contributed by atoms with Crippen molar-refractivity contribution in [2.75, 3.05) is 26.4 Å². The highest BCUT2D eigenvalue weighted by atomic mass is 16.5. The number of pyridine rings is 1. The molecule has 0 spiro atoms. The molecule has 2 atom stereocenters. The largest absolute Gasteiger partial charge is 0.477 e. The Morgan fingerprint density at radius 1 is 0.950 bits per heavy atom. The van der Waals surface area contributed by atoms with E-state index in [4.69, 9.17) is 19.7 Å². The van der Waals surface area contributed by atoms with Crippen molar-refractivity contribution in [1.29, 1.82) is 0 Å². The summed E-state index contributed by atoms with van der Waals surface area (Å²) >= 11 is 0. The van der Waals surface area contributed by atoms with E-state index >= 15 is 0 Å². The Morgan fingerprint density at radius 3 is 1.85 bits per heavy atom. The van der Waals surface area contributed by atoms with Crippen molar-refractivity contribution < 1.29 is 19.7 Å². The molecule has 0 bridgehead atoms. The summed E-state index contributed by atoms with van der Waals surface area (Å²) in [5.74, 6) is 0.680. The molecular formula is C13H15N3O4. The summed E-state index contributed by atoms with van der Waals surface area (Å²) < 4.78 is 10.5. The van der Waals surface area contributed by atoms with Gasteiger partial charge in [-0.05, 0) is 12.1 Å². The molecule has 0 saturated heterocycles. The molecule has 2 aliphatic rings. The number of rotatable bonds is 4. The number of nitrogens with zero attached hydrogens (tertiary/aromatic N) is 3. The van der Waals surface area contributed by atoms with Gasteiger partial charge in [0, 0.05) is 0 Å². The molecule has 0 fully saturated rings. The van der Waals surface area contributed by atoms with E-state index < -0.39 is 0 Å². The second kappa shape index (κ2) is 5.56. The smallest absolute Gasteiger partial charge is 0.210 e. The van der Waals surface area contributed by atoms with E-state index in [0.717, 1.165) is 11.4 Å². The Kier molecular flexibility index (Phi) is 3.62. The summed E-state index contributed by atoms with van der Waals surface area (Å²) in [5, 5.41) is 18.0. The lowest BCUT2D eigenvalue weighted by molar-refractivity contribution is 0.267. The third-order valence-electron chi connectivity index (χ3n) is 3.16. The van der Waals surface area contributed by atoms with Crippen LogP contribution in [0.1, 0.15) is 23.5 Å². The molecule has 1 aromatic heterocycles. The molecule has 3 rings (SSSR count). The van der Waals surface area contributed by atoms with Gasteiger partial charge in [-0.15, -0.1) is 0 Å². The second-order valence-corrected chi connectivity index (χ2v) is 4.50. The van der Waals surface area contributed by atoms with Gasteiger partial charge in [-0.25, -0.2) is 9.98 Å². The molecule has 0 aliphatic carbocycles. The lowest BCUT2D eigenvalue weighted by Gasteiger charge is -2.09. The molecular weight excluding hydrogens is 262 g/mol. The molecule has 2 N–H and O–H groups in total. The molecule has 1 unspecified atom stereocenters. The summed E-state index contributed by atoms with van der Waals surface area (Å²) in [6.07, 6.45) is 0. The van der Waals surface area contributed by atoms with Crippen LogP contribution in [-0.2, 0) is 9.47 Å². The van der Waals surface area contributed by atoms with Gasteiger partial charge in [0.05, 0.1) is 11.4 Å². The summed E-state index contributed by atoms with van der Waals surface area (Å²) in [4.78, 5) is 13.0. The quantitative estimate of drug-likeness (QED) is 0.808. The average molecular weight is 277 g/mol. The maximum atomic E-state index is 8.98. The van der Waals surface area contributed by atoms with Crippen molar-refractivity contribution in [1.82, 2.24) is 4.98 Å². The maximum absolute atomic E-state index is 8.98. The minimum atomic E-state index is -0.198. The Balaban J connectivity index is 1.80. The van der Waals surface area contributed by atoms with E-state index in [-0.39, 0.29) is 25.3 Å². The summed E-state index contributed by atoms with van der Waals surface area (Å²) in [6.45, 7) is 0.380. The summed E-state index contributed by atoms with van der Waals surface area (Å²) in [6, 6.07) is 5.24. The van der Waals surface area contributed by atoms with Gasteiger partial charge in [-0.3, -0.25) is 4.98 Å². The third-order valence-corrected chi connectivity index (χ3v) is 3.16. The van der Waals surface area contributed by atoms with Crippen molar-refractivity contribution in [2.45, 2.75) is 12.1 Å². The first-order chi connectivity index (χ1) is 9.80. The molecule has 0 saturated carbocycles. The zero-order chi connectivity index (χ0) is 13.9. The number of aliphatic imine (C=N–C) groups is 2. The van der Waals surface area contributed by atoms with E-state index in [2.05, 4.69) is 15.0 Å². The second-order valence-electron chi connectivity index (χ2n) is 4.50. The first-order valence-electron chi connectivity index (χ1n) is 6.37. The molecule has 3 heterocycles. The highest BCUT2D eigenvalue weighted by molar-refractivity contribution is 5.79. The molecule has 2 aliphatic heterocycles. The van der Waals surface area contributed by atoms with E-state index in [1.165, 1.54) is 0 Å². The number of aromatic nitrogens is 1. The predicted molar refractivity (Wildman–Crippen MR) is 70.7 cm³/mol. The molecule has 20 heavy (non-hydrogen) atoms. The molecule has 7 heteroatoms. The fraction of sp³-hybridized carbons (Fsp3) is 0.462. The van der Waals surface area contributed by atoms with Gasteiger partial charge in [0.2, 0.25) is 11.8 Å². The zero-order valence-electron chi connectivity index (χ0n) is 10.8. The molecule has 0 amide bonds. The van der Waals surface area contributed by atoms with Crippen LogP contribution in [0.15, 0.2) is 28.2 Å². The number of aliphatic hydroxyl groups excluding tert-OH is 2. The molecule has 7 nitrogen and oxygen atoms in total. The number of aliphatic hydroxyl groups is 2. The Morgan fingerprint density at radius 2 is 1.45 bits per heavy atom. The van der Waals surface area contributed by atoms with Crippen LogP contribution >= 0.6 is 0 Å². The minimum absolute atomic E-state index is 0.194. The van der Waals surface area contributed by atoms with Crippen molar-refractivity contribution in [3.05, 3.63) is 29.6 Å². The fourth-order valence-corrected chi connectivity index (χ4v) is 2.16. The van der Waals surface area contributed by atoms with Crippen molar-refractivity contribution in [3.8, 4) is 0 Å².